The monoisotopic (exact) mass is 259 g/mol. The van der Waals surface area contributed by atoms with E-state index < -0.39 is 0 Å². The van der Waals surface area contributed by atoms with Crippen molar-refractivity contribution in [1.82, 2.24) is 15.0 Å². The molecule has 2 aromatic rings. The van der Waals surface area contributed by atoms with Gasteiger partial charge in [-0.1, -0.05) is 11.3 Å². The van der Waals surface area contributed by atoms with Gasteiger partial charge in [0.05, 0.1) is 0 Å². The summed E-state index contributed by atoms with van der Waals surface area (Å²) in [7, 11) is 1.90. The minimum absolute atomic E-state index is 0.958. The standard InChI is InChI=1S/C7H6IN3/c1-11-7-5(8)3-2-4-6(7)9-10-11/h2-4H,1H3. The van der Waals surface area contributed by atoms with Gasteiger partial charge in [-0.15, -0.1) is 5.10 Å². The summed E-state index contributed by atoms with van der Waals surface area (Å²) in [6.45, 7) is 0. The highest BCUT2D eigenvalue weighted by molar-refractivity contribution is 14.1. The van der Waals surface area contributed by atoms with E-state index in [1.165, 1.54) is 3.57 Å². The van der Waals surface area contributed by atoms with Crippen LogP contribution in [0.5, 0.6) is 0 Å². The van der Waals surface area contributed by atoms with Gasteiger partial charge in [0.15, 0.2) is 0 Å². The fraction of sp³-hybridized carbons (Fsp3) is 0.143. The first-order chi connectivity index (χ1) is 5.29. The zero-order valence-corrected chi connectivity index (χ0v) is 8.11. The molecule has 0 saturated heterocycles. The van der Waals surface area contributed by atoms with Crippen molar-refractivity contribution in [1.29, 1.82) is 0 Å². The topological polar surface area (TPSA) is 30.7 Å². The number of nitrogens with zero attached hydrogens (tertiary/aromatic N) is 3. The minimum atomic E-state index is 0.958. The van der Waals surface area contributed by atoms with Gasteiger partial charge in [-0.05, 0) is 34.7 Å². The van der Waals surface area contributed by atoms with Crippen LogP contribution in [0.1, 0.15) is 0 Å². The van der Waals surface area contributed by atoms with Gasteiger partial charge in [-0.2, -0.15) is 0 Å². The van der Waals surface area contributed by atoms with E-state index in [9.17, 15) is 0 Å². The Balaban J connectivity index is 2.96. The van der Waals surface area contributed by atoms with Crippen LogP contribution in [0.25, 0.3) is 11.0 Å². The van der Waals surface area contributed by atoms with Crippen LogP contribution in [0.3, 0.4) is 0 Å². The number of aromatic nitrogens is 3. The van der Waals surface area contributed by atoms with E-state index in [1.54, 1.807) is 4.68 Å². The normalized spacial score (nSPS) is 10.7. The molecular weight excluding hydrogens is 253 g/mol. The number of hydrogen-bond acceptors (Lipinski definition) is 2. The summed E-state index contributed by atoms with van der Waals surface area (Å²) in [4.78, 5) is 0. The zero-order valence-electron chi connectivity index (χ0n) is 5.95. The second-order valence-corrected chi connectivity index (χ2v) is 3.48. The molecule has 56 valence electrons. The van der Waals surface area contributed by atoms with Crippen molar-refractivity contribution in [3.8, 4) is 0 Å². The average molecular weight is 259 g/mol. The van der Waals surface area contributed by atoms with Crippen molar-refractivity contribution in [3.63, 3.8) is 0 Å². The number of halogens is 1. The van der Waals surface area contributed by atoms with Gasteiger partial charge in [0, 0.05) is 10.6 Å². The van der Waals surface area contributed by atoms with Crippen molar-refractivity contribution >= 4 is 33.6 Å². The molecule has 0 unspecified atom stereocenters. The van der Waals surface area contributed by atoms with Gasteiger partial charge in [0.25, 0.3) is 0 Å². The lowest BCUT2D eigenvalue weighted by atomic mass is 10.3. The zero-order chi connectivity index (χ0) is 7.84. The maximum Gasteiger partial charge on any atom is 0.114 e. The van der Waals surface area contributed by atoms with Crippen molar-refractivity contribution in [2.45, 2.75) is 0 Å². The minimum Gasteiger partial charge on any atom is -0.247 e. The molecule has 0 bridgehead atoms. The molecule has 0 atom stereocenters. The molecule has 0 amide bonds. The molecule has 11 heavy (non-hydrogen) atoms. The van der Waals surface area contributed by atoms with E-state index in [-0.39, 0.29) is 0 Å². The van der Waals surface area contributed by atoms with E-state index in [4.69, 9.17) is 0 Å². The summed E-state index contributed by atoms with van der Waals surface area (Å²) in [5, 5.41) is 7.91. The second kappa shape index (κ2) is 2.44. The number of aryl methyl sites for hydroxylation is 1. The summed E-state index contributed by atoms with van der Waals surface area (Å²) in [5.41, 5.74) is 2.06. The van der Waals surface area contributed by atoms with Crippen LogP contribution in [0.4, 0.5) is 0 Å². The van der Waals surface area contributed by atoms with Crippen LogP contribution in [0.15, 0.2) is 18.2 Å². The SMILES string of the molecule is Cn1nnc2cccc(I)c21. The molecule has 0 N–H and O–H groups in total. The Kier molecular flexibility index (Phi) is 1.56. The van der Waals surface area contributed by atoms with Crippen LogP contribution < -0.4 is 0 Å². The highest BCUT2D eigenvalue weighted by Crippen LogP contribution is 2.16. The van der Waals surface area contributed by atoms with Crippen molar-refractivity contribution in [3.05, 3.63) is 21.8 Å². The molecule has 4 heteroatoms. The number of para-hydroxylation sites is 1. The lowest BCUT2D eigenvalue weighted by Gasteiger charge is -1.93. The van der Waals surface area contributed by atoms with Gasteiger partial charge in [-0.3, -0.25) is 0 Å². The van der Waals surface area contributed by atoms with Gasteiger partial charge >= 0.3 is 0 Å². The van der Waals surface area contributed by atoms with E-state index in [0.717, 1.165) is 11.0 Å². The third kappa shape index (κ3) is 1.01. The van der Waals surface area contributed by atoms with Gasteiger partial charge in [-0.25, -0.2) is 4.68 Å². The Labute approximate surface area is 77.5 Å². The fourth-order valence-corrected chi connectivity index (χ4v) is 1.90. The maximum atomic E-state index is 3.99. The lowest BCUT2D eigenvalue weighted by molar-refractivity contribution is 0.735. The van der Waals surface area contributed by atoms with Crippen LogP contribution in [0, 0.1) is 3.57 Å². The highest BCUT2D eigenvalue weighted by atomic mass is 127. The van der Waals surface area contributed by atoms with Crippen molar-refractivity contribution in [2.24, 2.45) is 7.05 Å². The Morgan fingerprint density at radius 2 is 2.27 bits per heavy atom. The van der Waals surface area contributed by atoms with Crippen LogP contribution >= 0.6 is 22.6 Å². The molecule has 0 saturated carbocycles. The first-order valence-corrected chi connectivity index (χ1v) is 4.31. The van der Waals surface area contributed by atoms with Crippen molar-refractivity contribution in [2.75, 3.05) is 0 Å². The summed E-state index contributed by atoms with van der Waals surface area (Å²) in [6, 6.07) is 6.00. The molecule has 3 nitrogen and oxygen atoms in total. The summed E-state index contributed by atoms with van der Waals surface area (Å²) in [5.74, 6) is 0. The molecule has 0 spiro atoms. The molecule has 0 aliphatic rings. The Bertz CT molecular complexity index is 393. The Morgan fingerprint density at radius 3 is 3.00 bits per heavy atom. The van der Waals surface area contributed by atoms with Gasteiger partial charge in [0.1, 0.15) is 11.0 Å². The summed E-state index contributed by atoms with van der Waals surface area (Å²) >= 11 is 2.28. The Hall–Kier alpha value is -0.650. The highest BCUT2D eigenvalue weighted by Gasteiger charge is 2.02. The molecule has 2 rings (SSSR count). The van der Waals surface area contributed by atoms with Crippen LogP contribution in [-0.4, -0.2) is 15.0 Å². The number of benzene rings is 1. The quantitative estimate of drug-likeness (QED) is 0.672. The van der Waals surface area contributed by atoms with Crippen LogP contribution in [-0.2, 0) is 7.05 Å². The molecule has 1 heterocycles. The second-order valence-electron chi connectivity index (χ2n) is 2.32. The summed E-state index contributed by atoms with van der Waals surface area (Å²) in [6.07, 6.45) is 0. The first-order valence-electron chi connectivity index (χ1n) is 3.23. The lowest BCUT2D eigenvalue weighted by Crippen LogP contribution is -1.90. The smallest absolute Gasteiger partial charge is 0.114 e. The van der Waals surface area contributed by atoms with Gasteiger partial charge in [0.2, 0.25) is 0 Å². The van der Waals surface area contributed by atoms with E-state index in [1.807, 2.05) is 25.2 Å². The first kappa shape index (κ1) is 7.02. The van der Waals surface area contributed by atoms with Crippen LogP contribution in [0.2, 0.25) is 0 Å². The fourth-order valence-electron chi connectivity index (χ4n) is 1.06. The third-order valence-corrected chi connectivity index (χ3v) is 2.45. The van der Waals surface area contributed by atoms with Crippen molar-refractivity contribution < 1.29 is 0 Å². The van der Waals surface area contributed by atoms with Gasteiger partial charge < -0.3 is 0 Å². The molecule has 0 aliphatic carbocycles. The molecule has 0 fully saturated rings. The Morgan fingerprint density at radius 1 is 1.45 bits per heavy atom. The molecule has 0 aliphatic heterocycles. The molecule has 0 radical (unpaired) electrons. The molecule has 1 aromatic heterocycles. The number of fused-ring (bicyclic) bond motifs is 1. The average Bonchev–Trinajstić information content (AvgIpc) is 2.34. The predicted octanol–water partition coefficient (Wildman–Crippen LogP) is 1.57. The van der Waals surface area contributed by atoms with E-state index >= 15 is 0 Å². The third-order valence-electron chi connectivity index (χ3n) is 1.58. The van der Waals surface area contributed by atoms with E-state index in [2.05, 4.69) is 32.9 Å². The predicted molar refractivity (Wildman–Crippen MR) is 51.2 cm³/mol. The number of hydrogen-bond donors (Lipinski definition) is 0. The number of rotatable bonds is 0. The maximum absolute atomic E-state index is 3.99. The largest absolute Gasteiger partial charge is 0.247 e. The van der Waals surface area contributed by atoms with E-state index in [0.29, 0.717) is 0 Å². The molecular formula is C7H6IN3. The molecule has 1 aromatic carbocycles. The summed E-state index contributed by atoms with van der Waals surface area (Å²) < 4.78 is 2.98.